The molecular weight excluding hydrogens is 294 g/mol. The Morgan fingerprint density at radius 2 is 1.71 bits per heavy atom. The van der Waals surface area contributed by atoms with E-state index in [0.29, 0.717) is 18.7 Å². The van der Waals surface area contributed by atoms with Crippen molar-refractivity contribution in [3.05, 3.63) is 41.0 Å². The molecule has 1 saturated heterocycles. The van der Waals surface area contributed by atoms with Gasteiger partial charge in [0.05, 0.1) is 6.54 Å². The first-order chi connectivity index (χ1) is 11.3. The lowest BCUT2D eigenvalue weighted by molar-refractivity contribution is -0.120. The molecule has 0 aliphatic carbocycles. The monoisotopic (exact) mass is 329 g/mol. The second-order valence-corrected chi connectivity index (χ2v) is 7.29. The molecule has 2 heteroatoms. The van der Waals surface area contributed by atoms with Crippen molar-refractivity contribution in [3.63, 3.8) is 0 Å². The normalized spacial score (nSPS) is 15.4. The Balaban J connectivity index is 0.000000240. The number of nitrogens with zero attached hydrogens (tertiary/aromatic N) is 1. The zero-order chi connectivity index (χ0) is 18.1. The summed E-state index contributed by atoms with van der Waals surface area (Å²) in [5, 5.41) is 0. The van der Waals surface area contributed by atoms with Gasteiger partial charge in [0.15, 0.2) is 0 Å². The number of hydrogen-bond donors (Lipinski definition) is 0. The molecule has 0 saturated carbocycles. The van der Waals surface area contributed by atoms with Gasteiger partial charge in [0, 0.05) is 6.42 Å². The lowest BCUT2D eigenvalue weighted by atomic mass is 9.99. The summed E-state index contributed by atoms with van der Waals surface area (Å²) < 4.78 is 0. The van der Waals surface area contributed by atoms with Gasteiger partial charge < -0.3 is 0 Å². The highest BCUT2D eigenvalue weighted by molar-refractivity contribution is 5.80. The Hall–Kier alpha value is -1.41. The number of piperidine rings is 1. The first kappa shape index (κ1) is 20.6. The summed E-state index contributed by atoms with van der Waals surface area (Å²) >= 11 is 0. The molecule has 0 N–H and O–H groups in total. The minimum atomic E-state index is 0.379. The molecule has 24 heavy (non-hydrogen) atoms. The average Bonchev–Trinajstić information content (AvgIpc) is 2.57. The lowest BCUT2D eigenvalue weighted by Crippen LogP contribution is -2.36. The highest BCUT2D eigenvalue weighted by Crippen LogP contribution is 2.20. The van der Waals surface area contributed by atoms with Crippen molar-refractivity contribution in [3.8, 4) is 0 Å². The van der Waals surface area contributed by atoms with E-state index < -0.39 is 0 Å². The molecular formula is C22H35NO. The number of ketones is 1. The van der Waals surface area contributed by atoms with Crippen molar-refractivity contribution in [2.24, 2.45) is 5.92 Å². The van der Waals surface area contributed by atoms with Crippen molar-refractivity contribution in [1.82, 2.24) is 4.90 Å². The van der Waals surface area contributed by atoms with Crippen molar-refractivity contribution >= 4 is 11.4 Å². The lowest BCUT2D eigenvalue weighted by Gasteiger charge is -2.29. The molecule has 1 fully saturated rings. The van der Waals surface area contributed by atoms with Gasteiger partial charge in [-0.1, -0.05) is 43.7 Å². The number of hydrogen-bond acceptors (Lipinski definition) is 2. The highest BCUT2D eigenvalue weighted by Gasteiger charge is 2.16. The molecule has 134 valence electrons. The minimum Gasteiger partial charge on any atom is -0.298 e. The van der Waals surface area contributed by atoms with Crippen LogP contribution in [0.5, 0.6) is 0 Å². The molecule has 1 aliphatic heterocycles. The molecule has 2 nitrogen and oxygen atoms in total. The number of carbonyl (C=O) groups excluding carboxylic acids is 1. The van der Waals surface area contributed by atoms with E-state index in [1.54, 1.807) is 0 Å². The SMILES string of the molecule is CC(C)=C(C)c1ccccc1C.CCC(=O)CN1CCC(C)CC1. The standard InChI is InChI=1S/C12H16.C10H19NO/c1-9(2)11(4)12-8-6-5-7-10(12)3;1-3-10(12)8-11-6-4-9(2)5-7-11/h5-8H,1-4H3;9H,3-8H2,1-2H3. The van der Waals surface area contributed by atoms with Crippen LogP contribution < -0.4 is 0 Å². The van der Waals surface area contributed by atoms with E-state index in [2.05, 4.69) is 63.8 Å². The number of likely N-dealkylation sites (tertiary alicyclic amines) is 1. The number of benzene rings is 1. The second kappa shape index (κ2) is 10.5. The molecule has 1 aromatic carbocycles. The summed E-state index contributed by atoms with van der Waals surface area (Å²) in [6.45, 7) is 15.8. The van der Waals surface area contributed by atoms with Crippen LogP contribution in [-0.4, -0.2) is 30.3 Å². The van der Waals surface area contributed by atoms with Crippen molar-refractivity contribution < 1.29 is 4.79 Å². The summed E-state index contributed by atoms with van der Waals surface area (Å²) in [6.07, 6.45) is 3.21. The van der Waals surface area contributed by atoms with Crippen LogP contribution in [0.3, 0.4) is 0 Å². The Kier molecular flexibility index (Phi) is 8.99. The van der Waals surface area contributed by atoms with Crippen LogP contribution >= 0.6 is 0 Å². The predicted molar refractivity (Wildman–Crippen MR) is 105 cm³/mol. The van der Waals surface area contributed by atoms with Crippen LogP contribution in [0.15, 0.2) is 29.8 Å². The maximum absolute atomic E-state index is 11.1. The van der Waals surface area contributed by atoms with Gasteiger partial charge in [-0.25, -0.2) is 0 Å². The second-order valence-electron chi connectivity index (χ2n) is 7.29. The van der Waals surface area contributed by atoms with E-state index in [0.717, 1.165) is 19.0 Å². The van der Waals surface area contributed by atoms with Crippen LogP contribution in [0.2, 0.25) is 0 Å². The third-order valence-electron chi connectivity index (χ3n) is 4.97. The van der Waals surface area contributed by atoms with Gasteiger partial charge in [-0.2, -0.15) is 0 Å². The van der Waals surface area contributed by atoms with Crippen molar-refractivity contribution in [1.29, 1.82) is 0 Å². The molecule has 0 bridgehead atoms. The Bertz CT molecular complexity index is 547. The number of Topliss-reactive ketones (excluding diaryl/α,β-unsaturated/α-hetero) is 1. The molecule has 0 atom stereocenters. The van der Waals surface area contributed by atoms with Gasteiger partial charge in [-0.15, -0.1) is 0 Å². The summed E-state index contributed by atoms with van der Waals surface area (Å²) in [7, 11) is 0. The average molecular weight is 330 g/mol. The summed E-state index contributed by atoms with van der Waals surface area (Å²) in [6, 6.07) is 8.51. The zero-order valence-electron chi connectivity index (χ0n) is 16.5. The molecule has 0 unspecified atom stereocenters. The molecule has 1 heterocycles. The molecule has 0 radical (unpaired) electrons. The van der Waals surface area contributed by atoms with Crippen molar-refractivity contribution in [2.75, 3.05) is 19.6 Å². The molecule has 1 aliphatic rings. The van der Waals surface area contributed by atoms with Crippen LogP contribution in [0, 0.1) is 12.8 Å². The smallest absolute Gasteiger partial charge is 0.146 e. The van der Waals surface area contributed by atoms with Gasteiger partial charge in [0.1, 0.15) is 5.78 Å². The first-order valence-electron chi connectivity index (χ1n) is 9.29. The van der Waals surface area contributed by atoms with E-state index >= 15 is 0 Å². The quantitative estimate of drug-likeness (QED) is 0.726. The van der Waals surface area contributed by atoms with E-state index in [1.807, 2.05) is 6.92 Å². The summed E-state index contributed by atoms with van der Waals surface area (Å²) in [4.78, 5) is 13.4. The number of rotatable bonds is 4. The fourth-order valence-corrected chi connectivity index (χ4v) is 2.84. The fraction of sp³-hybridized carbons (Fsp3) is 0.591. The van der Waals surface area contributed by atoms with Gasteiger partial charge in [0.2, 0.25) is 0 Å². The van der Waals surface area contributed by atoms with Crippen LogP contribution in [0.4, 0.5) is 0 Å². The first-order valence-corrected chi connectivity index (χ1v) is 9.29. The van der Waals surface area contributed by atoms with Crippen molar-refractivity contribution in [2.45, 2.75) is 60.8 Å². The maximum atomic E-state index is 11.1. The molecule has 2 rings (SSSR count). The minimum absolute atomic E-state index is 0.379. The van der Waals surface area contributed by atoms with Gasteiger partial charge in [0.25, 0.3) is 0 Å². The zero-order valence-corrected chi connectivity index (χ0v) is 16.5. The topological polar surface area (TPSA) is 20.3 Å². The third kappa shape index (κ3) is 7.00. The summed E-state index contributed by atoms with van der Waals surface area (Å²) in [5.41, 5.74) is 5.52. The predicted octanol–water partition coefficient (Wildman–Crippen LogP) is 5.51. The summed E-state index contributed by atoms with van der Waals surface area (Å²) in [5.74, 6) is 1.24. The molecule has 0 aromatic heterocycles. The van der Waals surface area contributed by atoms with E-state index in [9.17, 15) is 4.79 Å². The largest absolute Gasteiger partial charge is 0.298 e. The van der Waals surface area contributed by atoms with Crippen LogP contribution in [0.25, 0.3) is 5.57 Å². The van der Waals surface area contributed by atoms with E-state index in [1.165, 1.54) is 35.1 Å². The maximum Gasteiger partial charge on any atom is 0.146 e. The number of carbonyl (C=O) groups is 1. The van der Waals surface area contributed by atoms with Gasteiger partial charge in [-0.3, -0.25) is 9.69 Å². The molecule has 0 amide bonds. The van der Waals surface area contributed by atoms with E-state index in [-0.39, 0.29) is 0 Å². The van der Waals surface area contributed by atoms with Gasteiger partial charge in [-0.05, 0) is 76.2 Å². The van der Waals surface area contributed by atoms with E-state index in [4.69, 9.17) is 0 Å². The number of allylic oxidation sites excluding steroid dienone is 2. The fourth-order valence-electron chi connectivity index (χ4n) is 2.84. The third-order valence-corrected chi connectivity index (χ3v) is 4.97. The number of aryl methyl sites for hydroxylation is 1. The van der Waals surface area contributed by atoms with Crippen LogP contribution in [-0.2, 0) is 4.79 Å². The molecule has 1 aromatic rings. The Morgan fingerprint density at radius 3 is 2.21 bits per heavy atom. The Morgan fingerprint density at radius 1 is 1.12 bits per heavy atom. The highest BCUT2D eigenvalue weighted by atomic mass is 16.1. The van der Waals surface area contributed by atoms with Gasteiger partial charge >= 0.3 is 0 Å². The van der Waals surface area contributed by atoms with Crippen LogP contribution in [0.1, 0.15) is 65.0 Å². The Labute approximate surface area is 149 Å². The molecule has 0 spiro atoms.